The second-order valence-corrected chi connectivity index (χ2v) is 8.68. The van der Waals surface area contributed by atoms with Crippen molar-refractivity contribution >= 4 is 23.1 Å². The van der Waals surface area contributed by atoms with Gasteiger partial charge in [0.25, 0.3) is 0 Å². The first-order valence-electron chi connectivity index (χ1n) is 10.8. The largest absolute Gasteiger partial charge is 0.379 e. The second kappa shape index (κ2) is 10.7. The van der Waals surface area contributed by atoms with E-state index in [1.165, 1.54) is 23.3 Å². The Morgan fingerprint density at radius 1 is 1.20 bits per heavy atom. The molecule has 2 saturated heterocycles. The summed E-state index contributed by atoms with van der Waals surface area (Å²) in [5.74, 6) is 1.91. The molecule has 2 aromatic heterocycles. The summed E-state index contributed by atoms with van der Waals surface area (Å²) < 4.78 is 5.54. The van der Waals surface area contributed by atoms with Crippen molar-refractivity contribution in [1.82, 2.24) is 20.5 Å². The van der Waals surface area contributed by atoms with E-state index in [-0.39, 0.29) is 0 Å². The van der Waals surface area contributed by atoms with E-state index >= 15 is 0 Å². The van der Waals surface area contributed by atoms with Gasteiger partial charge in [-0.25, -0.2) is 4.98 Å². The van der Waals surface area contributed by atoms with Crippen molar-refractivity contribution in [3.63, 3.8) is 0 Å². The van der Waals surface area contributed by atoms with Crippen LogP contribution in [0.25, 0.3) is 0 Å². The molecule has 0 aromatic carbocycles. The van der Waals surface area contributed by atoms with Crippen LogP contribution in [0.1, 0.15) is 29.3 Å². The minimum atomic E-state index is 0.329. The summed E-state index contributed by atoms with van der Waals surface area (Å²) in [6.45, 7) is 7.29. The fraction of sp³-hybridized carbons (Fsp3) is 0.545. The molecule has 1 atom stereocenters. The highest BCUT2D eigenvalue weighted by Gasteiger charge is 2.23. The van der Waals surface area contributed by atoms with Crippen LogP contribution in [0.4, 0.5) is 5.82 Å². The summed E-state index contributed by atoms with van der Waals surface area (Å²) >= 11 is 1.81. The van der Waals surface area contributed by atoms with Crippen molar-refractivity contribution in [3.05, 3.63) is 46.3 Å². The number of ether oxygens (including phenoxy) is 1. The molecule has 2 aromatic rings. The Morgan fingerprint density at radius 3 is 2.77 bits per heavy atom. The highest BCUT2D eigenvalue weighted by Crippen LogP contribution is 2.25. The Labute approximate surface area is 183 Å². The summed E-state index contributed by atoms with van der Waals surface area (Å²) in [6, 6.07) is 8.94. The molecule has 0 radical (unpaired) electrons. The summed E-state index contributed by atoms with van der Waals surface area (Å²) in [6.07, 6.45) is 4.43. The van der Waals surface area contributed by atoms with E-state index in [1.54, 1.807) is 0 Å². The molecule has 0 amide bonds. The van der Waals surface area contributed by atoms with Crippen LogP contribution in [0.2, 0.25) is 0 Å². The molecular formula is C22H32N6OS. The zero-order valence-electron chi connectivity index (χ0n) is 17.7. The standard InChI is InChI=1S/C22H32N6OS/c1-23-22(25-16-18-6-7-24-21(15-18)28-8-2-3-9-28)26-17-19(20-5-4-14-30-20)27-10-12-29-13-11-27/h4-7,14-15,19H,2-3,8-13,16-17H2,1H3,(H2,23,25,26). The summed E-state index contributed by atoms with van der Waals surface area (Å²) in [5.41, 5.74) is 1.22. The molecule has 7 nitrogen and oxygen atoms in total. The monoisotopic (exact) mass is 428 g/mol. The van der Waals surface area contributed by atoms with Gasteiger partial charge in [0.2, 0.25) is 0 Å². The quantitative estimate of drug-likeness (QED) is 0.522. The molecule has 0 spiro atoms. The number of aliphatic imine (C=N–C) groups is 1. The normalized spacial score (nSPS) is 19.1. The van der Waals surface area contributed by atoms with Gasteiger partial charge in [0, 0.05) is 57.4 Å². The predicted octanol–water partition coefficient (Wildman–Crippen LogP) is 2.48. The van der Waals surface area contributed by atoms with E-state index in [0.717, 1.165) is 64.3 Å². The average molecular weight is 429 g/mol. The molecule has 0 saturated carbocycles. The molecule has 0 bridgehead atoms. The van der Waals surface area contributed by atoms with E-state index in [1.807, 2.05) is 24.6 Å². The molecule has 4 rings (SSSR count). The maximum absolute atomic E-state index is 5.54. The Balaban J connectivity index is 1.33. The number of guanidine groups is 1. The van der Waals surface area contributed by atoms with Gasteiger partial charge in [-0.1, -0.05) is 6.07 Å². The van der Waals surface area contributed by atoms with E-state index in [9.17, 15) is 0 Å². The topological polar surface area (TPSA) is 65.0 Å². The Bertz CT molecular complexity index is 800. The van der Waals surface area contributed by atoms with E-state index in [2.05, 4.69) is 60.1 Å². The van der Waals surface area contributed by atoms with Crippen LogP contribution >= 0.6 is 11.3 Å². The molecule has 4 heterocycles. The van der Waals surface area contributed by atoms with Crippen LogP contribution < -0.4 is 15.5 Å². The van der Waals surface area contributed by atoms with Crippen LogP contribution in [0.3, 0.4) is 0 Å². The van der Waals surface area contributed by atoms with Crippen molar-refractivity contribution in [2.45, 2.75) is 25.4 Å². The molecule has 1 unspecified atom stereocenters. The van der Waals surface area contributed by atoms with Crippen molar-refractivity contribution in [3.8, 4) is 0 Å². The Hall–Kier alpha value is -2.16. The summed E-state index contributed by atoms with van der Waals surface area (Å²) in [7, 11) is 1.83. The molecule has 8 heteroatoms. The lowest BCUT2D eigenvalue weighted by Crippen LogP contribution is -2.46. The average Bonchev–Trinajstić information content (AvgIpc) is 3.52. The van der Waals surface area contributed by atoms with Gasteiger partial charge in [-0.3, -0.25) is 9.89 Å². The van der Waals surface area contributed by atoms with Crippen molar-refractivity contribution in [1.29, 1.82) is 0 Å². The number of pyridine rings is 1. The van der Waals surface area contributed by atoms with Gasteiger partial charge in [0.1, 0.15) is 5.82 Å². The fourth-order valence-corrected chi connectivity index (χ4v) is 4.93. The number of hydrogen-bond acceptors (Lipinski definition) is 6. The lowest BCUT2D eigenvalue weighted by Gasteiger charge is -2.34. The number of rotatable bonds is 7. The molecule has 162 valence electrons. The van der Waals surface area contributed by atoms with Crippen LogP contribution in [0.15, 0.2) is 40.8 Å². The number of thiophene rings is 1. The van der Waals surface area contributed by atoms with Gasteiger partial charge < -0.3 is 20.3 Å². The number of morpholine rings is 1. The Morgan fingerprint density at radius 2 is 2.03 bits per heavy atom. The third-order valence-electron chi connectivity index (χ3n) is 5.74. The molecular weight excluding hydrogens is 396 g/mol. The lowest BCUT2D eigenvalue weighted by atomic mass is 10.2. The van der Waals surface area contributed by atoms with E-state index < -0.39 is 0 Å². The minimum absolute atomic E-state index is 0.329. The van der Waals surface area contributed by atoms with Crippen LogP contribution in [-0.2, 0) is 11.3 Å². The zero-order valence-corrected chi connectivity index (χ0v) is 18.5. The first kappa shape index (κ1) is 21.1. The number of aromatic nitrogens is 1. The van der Waals surface area contributed by atoms with Crippen molar-refractivity contribution < 1.29 is 4.74 Å². The Kier molecular flexibility index (Phi) is 7.55. The second-order valence-electron chi connectivity index (χ2n) is 7.70. The molecule has 2 fully saturated rings. The van der Waals surface area contributed by atoms with Crippen molar-refractivity contribution in [2.24, 2.45) is 4.99 Å². The minimum Gasteiger partial charge on any atom is -0.379 e. The maximum atomic E-state index is 5.54. The molecule has 2 aliphatic rings. The van der Waals surface area contributed by atoms with Crippen LogP contribution in [0.5, 0.6) is 0 Å². The molecule has 2 N–H and O–H groups in total. The summed E-state index contributed by atoms with van der Waals surface area (Å²) in [5, 5.41) is 9.14. The zero-order chi connectivity index (χ0) is 20.6. The highest BCUT2D eigenvalue weighted by atomic mass is 32.1. The third-order valence-corrected chi connectivity index (χ3v) is 6.72. The van der Waals surface area contributed by atoms with Crippen LogP contribution in [0, 0.1) is 0 Å². The first-order valence-corrected chi connectivity index (χ1v) is 11.7. The fourth-order valence-electron chi connectivity index (χ4n) is 4.07. The summed E-state index contributed by atoms with van der Waals surface area (Å²) in [4.78, 5) is 15.2. The van der Waals surface area contributed by atoms with Gasteiger partial charge in [0.05, 0.1) is 19.3 Å². The van der Waals surface area contributed by atoms with Crippen LogP contribution in [-0.4, -0.2) is 68.8 Å². The third kappa shape index (κ3) is 5.50. The van der Waals surface area contributed by atoms with Gasteiger partial charge in [-0.2, -0.15) is 0 Å². The number of nitrogens with zero attached hydrogens (tertiary/aromatic N) is 4. The number of anilines is 1. The predicted molar refractivity (Wildman–Crippen MR) is 123 cm³/mol. The van der Waals surface area contributed by atoms with Crippen molar-refractivity contribution in [2.75, 3.05) is 57.9 Å². The molecule has 0 aliphatic carbocycles. The van der Waals surface area contributed by atoms with Gasteiger partial charge in [-0.05, 0) is 42.0 Å². The van der Waals surface area contributed by atoms with Gasteiger partial charge in [-0.15, -0.1) is 11.3 Å². The number of hydrogen-bond donors (Lipinski definition) is 2. The smallest absolute Gasteiger partial charge is 0.191 e. The van der Waals surface area contributed by atoms with Gasteiger partial charge in [0.15, 0.2) is 5.96 Å². The first-order chi connectivity index (χ1) is 14.8. The molecule has 30 heavy (non-hydrogen) atoms. The van der Waals surface area contributed by atoms with E-state index in [0.29, 0.717) is 6.04 Å². The lowest BCUT2D eigenvalue weighted by molar-refractivity contribution is 0.0177. The molecule has 2 aliphatic heterocycles. The number of nitrogens with one attached hydrogen (secondary N) is 2. The van der Waals surface area contributed by atoms with Gasteiger partial charge >= 0.3 is 0 Å². The maximum Gasteiger partial charge on any atom is 0.191 e. The van der Waals surface area contributed by atoms with E-state index in [4.69, 9.17) is 4.74 Å². The highest BCUT2D eigenvalue weighted by molar-refractivity contribution is 7.10. The SMILES string of the molecule is CN=C(NCc1ccnc(N2CCCC2)c1)NCC(c1cccs1)N1CCOCC1.